The zero-order valence-corrected chi connectivity index (χ0v) is 16.7. The number of benzene rings is 1. The van der Waals surface area contributed by atoms with Gasteiger partial charge < -0.3 is 14.5 Å². The van der Waals surface area contributed by atoms with E-state index in [0.717, 1.165) is 5.56 Å². The highest BCUT2D eigenvalue weighted by atomic mass is 16.5. The molecule has 2 amide bonds. The summed E-state index contributed by atoms with van der Waals surface area (Å²) in [6.45, 7) is 3.62. The maximum absolute atomic E-state index is 12.8. The van der Waals surface area contributed by atoms with E-state index in [1.54, 1.807) is 35.2 Å². The van der Waals surface area contributed by atoms with Crippen LogP contribution in [0.2, 0.25) is 0 Å². The summed E-state index contributed by atoms with van der Waals surface area (Å²) in [4.78, 5) is 33.0. The molecule has 0 saturated carbocycles. The maximum atomic E-state index is 12.8. The number of amides is 2. The first-order valence-electron chi connectivity index (χ1n) is 9.87. The lowest BCUT2D eigenvalue weighted by Gasteiger charge is -2.35. The molecular weight excluding hydrogens is 382 g/mol. The molecule has 0 bridgehead atoms. The van der Waals surface area contributed by atoms with Gasteiger partial charge in [0.2, 0.25) is 0 Å². The van der Waals surface area contributed by atoms with Gasteiger partial charge in [0.15, 0.2) is 6.10 Å². The minimum Gasteiger partial charge on any atom is -0.481 e. The van der Waals surface area contributed by atoms with Gasteiger partial charge in [0, 0.05) is 44.1 Å². The molecule has 8 nitrogen and oxygen atoms in total. The molecule has 3 heterocycles. The predicted octanol–water partition coefficient (Wildman–Crippen LogP) is 2.22. The molecule has 30 heavy (non-hydrogen) atoms. The van der Waals surface area contributed by atoms with Gasteiger partial charge in [-0.15, -0.1) is 0 Å². The van der Waals surface area contributed by atoms with Crippen LogP contribution in [-0.4, -0.2) is 69.1 Å². The second-order valence-electron chi connectivity index (χ2n) is 7.09. The summed E-state index contributed by atoms with van der Waals surface area (Å²) in [5, 5.41) is 7.05. The SMILES string of the molecule is C[C@@H](Oc1ccccc1)C(=O)N1CCN(C(=O)c2cc(-c3ccncc3)n[nH]2)CC1. The molecule has 1 aliphatic heterocycles. The number of rotatable bonds is 5. The van der Waals surface area contributed by atoms with Gasteiger partial charge in [0.1, 0.15) is 11.4 Å². The van der Waals surface area contributed by atoms with Gasteiger partial charge in [-0.05, 0) is 37.3 Å². The highest BCUT2D eigenvalue weighted by molar-refractivity contribution is 5.93. The number of hydrogen-bond acceptors (Lipinski definition) is 5. The van der Waals surface area contributed by atoms with Crippen LogP contribution in [0.1, 0.15) is 17.4 Å². The third-order valence-electron chi connectivity index (χ3n) is 5.07. The number of nitrogens with one attached hydrogen (secondary N) is 1. The fraction of sp³-hybridized carbons (Fsp3) is 0.273. The molecule has 1 N–H and O–H groups in total. The van der Waals surface area contributed by atoms with Crippen molar-refractivity contribution in [2.45, 2.75) is 13.0 Å². The van der Waals surface area contributed by atoms with Crippen molar-refractivity contribution in [1.29, 1.82) is 0 Å². The van der Waals surface area contributed by atoms with Crippen molar-refractivity contribution in [3.8, 4) is 17.0 Å². The molecule has 0 unspecified atom stereocenters. The first-order valence-corrected chi connectivity index (χ1v) is 9.87. The number of carbonyl (C=O) groups excluding carboxylic acids is 2. The molecule has 0 spiro atoms. The maximum Gasteiger partial charge on any atom is 0.272 e. The van der Waals surface area contributed by atoms with Gasteiger partial charge in [-0.3, -0.25) is 19.7 Å². The summed E-state index contributed by atoms with van der Waals surface area (Å²) >= 11 is 0. The number of carbonyl (C=O) groups is 2. The van der Waals surface area contributed by atoms with Crippen LogP contribution >= 0.6 is 0 Å². The van der Waals surface area contributed by atoms with Crippen molar-refractivity contribution in [3.63, 3.8) is 0 Å². The summed E-state index contributed by atoms with van der Waals surface area (Å²) in [5.74, 6) is 0.465. The van der Waals surface area contributed by atoms with Gasteiger partial charge in [-0.25, -0.2) is 0 Å². The van der Waals surface area contributed by atoms with E-state index in [9.17, 15) is 9.59 Å². The van der Waals surface area contributed by atoms with E-state index < -0.39 is 6.10 Å². The Balaban J connectivity index is 1.32. The van der Waals surface area contributed by atoms with Crippen molar-refractivity contribution in [3.05, 3.63) is 66.6 Å². The average Bonchev–Trinajstić information content (AvgIpc) is 3.30. The molecule has 154 valence electrons. The van der Waals surface area contributed by atoms with Gasteiger partial charge in [0.25, 0.3) is 11.8 Å². The number of aromatic nitrogens is 3. The van der Waals surface area contributed by atoms with Crippen LogP contribution in [-0.2, 0) is 4.79 Å². The van der Waals surface area contributed by atoms with Crippen molar-refractivity contribution >= 4 is 11.8 Å². The summed E-state index contributed by atoms with van der Waals surface area (Å²) in [6.07, 6.45) is 2.79. The van der Waals surface area contributed by atoms with Gasteiger partial charge in [0.05, 0.1) is 5.69 Å². The van der Waals surface area contributed by atoms with Crippen LogP contribution in [0.4, 0.5) is 0 Å². The number of H-pyrrole nitrogens is 1. The minimum atomic E-state index is -0.579. The van der Waals surface area contributed by atoms with E-state index in [1.165, 1.54) is 0 Å². The zero-order chi connectivity index (χ0) is 20.9. The summed E-state index contributed by atoms with van der Waals surface area (Å²) < 4.78 is 5.73. The predicted molar refractivity (Wildman–Crippen MR) is 111 cm³/mol. The highest BCUT2D eigenvalue weighted by Crippen LogP contribution is 2.18. The molecular formula is C22H23N5O3. The molecule has 3 aromatic rings. The third kappa shape index (κ3) is 4.32. The van der Waals surface area contributed by atoms with Crippen LogP contribution in [0.3, 0.4) is 0 Å². The molecule has 2 aromatic heterocycles. The fourth-order valence-electron chi connectivity index (χ4n) is 3.41. The zero-order valence-electron chi connectivity index (χ0n) is 16.7. The molecule has 1 saturated heterocycles. The van der Waals surface area contributed by atoms with Crippen molar-refractivity contribution in [1.82, 2.24) is 25.0 Å². The van der Waals surface area contributed by atoms with Crippen LogP contribution in [0.25, 0.3) is 11.3 Å². The van der Waals surface area contributed by atoms with Crippen molar-refractivity contribution in [2.24, 2.45) is 0 Å². The lowest BCUT2D eigenvalue weighted by atomic mass is 10.2. The second kappa shape index (κ2) is 8.77. The quantitative estimate of drug-likeness (QED) is 0.703. The monoisotopic (exact) mass is 405 g/mol. The van der Waals surface area contributed by atoms with Crippen LogP contribution in [0.5, 0.6) is 5.75 Å². The van der Waals surface area contributed by atoms with Crippen LogP contribution in [0.15, 0.2) is 60.9 Å². The smallest absolute Gasteiger partial charge is 0.272 e. The van der Waals surface area contributed by atoms with E-state index >= 15 is 0 Å². The summed E-state index contributed by atoms with van der Waals surface area (Å²) in [6, 6.07) is 14.7. The Hall–Kier alpha value is -3.68. The molecule has 1 fully saturated rings. The largest absolute Gasteiger partial charge is 0.481 e. The Morgan fingerprint density at radius 3 is 2.37 bits per heavy atom. The lowest BCUT2D eigenvalue weighted by Crippen LogP contribution is -2.53. The molecule has 1 aliphatic rings. The Kier molecular flexibility index (Phi) is 5.74. The Labute approximate surface area is 174 Å². The number of piperazine rings is 1. The van der Waals surface area contributed by atoms with E-state index in [1.807, 2.05) is 42.5 Å². The first-order chi connectivity index (χ1) is 14.6. The first kappa shape index (κ1) is 19.6. The summed E-state index contributed by atoms with van der Waals surface area (Å²) in [5.41, 5.74) is 2.02. The molecule has 1 atom stereocenters. The second-order valence-corrected chi connectivity index (χ2v) is 7.09. The Morgan fingerprint density at radius 1 is 1.00 bits per heavy atom. The molecule has 0 radical (unpaired) electrons. The fourth-order valence-corrected chi connectivity index (χ4v) is 3.41. The number of nitrogens with zero attached hydrogens (tertiary/aromatic N) is 4. The number of aromatic amines is 1. The van der Waals surface area contributed by atoms with Crippen LogP contribution in [0, 0.1) is 0 Å². The Morgan fingerprint density at radius 2 is 1.67 bits per heavy atom. The van der Waals surface area contributed by atoms with Crippen molar-refractivity contribution in [2.75, 3.05) is 26.2 Å². The highest BCUT2D eigenvalue weighted by Gasteiger charge is 2.29. The molecule has 4 rings (SSSR count). The van der Waals surface area contributed by atoms with Gasteiger partial charge in [-0.1, -0.05) is 18.2 Å². The molecule has 1 aromatic carbocycles. The van der Waals surface area contributed by atoms with Crippen LogP contribution < -0.4 is 4.74 Å². The van der Waals surface area contributed by atoms with Gasteiger partial charge in [-0.2, -0.15) is 5.10 Å². The molecule has 0 aliphatic carbocycles. The van der Waals surface area contributed by atoms with Crippen molar-refractivity contribution < 1.29 is 14.3 Å². The molecule has 8 heteroatoms. The lowest BCUT2D eigenvalue weighted by molar-refractivity contribution is -0.139. The number of hydrogen-bond donors (Lipinski definition) is 1. The number of para-hydroxylation sites is 1. The number of pyridine rings is 1. The minimum absolute atomic E-state index is 0.0764. The van der Waals surface area contributed by atoms with E-state index in [2.05, 4.69) is 15.2 Å². The average molecular weight is 405 g/mol. The Bertz CT molecular complexity index is 998. The standard InChI is InChI=1S/C22H23N5O3/c1-16(30-18-5-3-2-4-6-18)21(28)26-11-13-27(14-12-26)22(29)20-15-19(24-25-20)17-7-9-23-10-8-17/h2-10,15-16H,11-14H2,1H3,(H,24,25)/t16-/m1/s1. The van der Waals surface area contributed by atoms with E-state index in [0.29, 0.717) is 43.3 Å². The van der Waals surface area contributed by atoms with Gasteiger partial charge >= 0.3 is 0 Å². The number of ether oxygens (including phenoxy) is 1. The van der Waals surface area contributed by atoms with E-state index in [-0.39, 0.29) is 11.8 Å². The topological polar surface area (TPSA) is 91.4 Å². The third-order valence-corrected chi connectivity index (χ3v) is 5.07. The normalized spacial score (nSPS) is 15.0. The summed E-state index contributed by atoms with van der Waals surface area (Å²) in [7, 11) is 0. The van der Waals surface area contributed by atoms with E-state index in [4.69, 9.17) is 4.74 Å².